The van der Waals surface area contributed by atoms with Gasteiger partial charge in [-0.25, -0.2) is 27.3 Å². The van der Waals surface area contributed by atoms with Crippen molar-refractivity contribution in [2.45, 2.75) is 11.3 Å². The molecule has 0 spiro atoms. The molecule has 16 heavy (non-hydrogen) atoms. The van der Waals surface area contributed by atoms with E-state index in [-0.39, 0.29) is 5.82 Å². The topological polar surface area (TPSA) is 123 Å². The number of nitriles is 1. The smallest absolute Gasteiger partial charge is 0.267 e. The number of halogens is 2. The van der Waals surface area contributed by atoms with Gasteiger partial charge in [0.15, 0.2) is 5.69 Å². The van der Waals surface area contributed by atoms with Crippen molar-refractivity contribution in [3.8, 4) is 6.07 Å². The standard InChI is InChI=1S/C7H6F2N4O2S/c8-7(9)6-3(2-10)13-5(11)1-4(6)16(12,14)15/h1,7H,(H2,11,13)(H2,12,14,15). The Balaban J connectivity index is 3.73. The monoisotopic (exact) mass is 248 g/mol. The number of nitrogen functional groups attached to an aromatic ring is 1. The quantitative estimate of drug-likeness (QED) is 0.769. The van der Waals surface area contributed by atoms with E-state index in [1.165, 1.54) is 6.07 Å². The second kappa shape index (κ2) is 3.99. The molecule has 9 heteroatoms. The van der Waals surface area contributed by atoms with Gasteiger partial charge in [0.2, 0.25) is 10.0 Å². The van der Waals surface area contributed by atoms with Crippen LogP contribution in [0, 0.1) is 11.3 Å². The summed E-state index contributed by atoms with van der Waals surface area (Å²) in [4.78, 5) is 2.42. The highest BCUT2D eigenvalue weighted by Gasteiger charge is 2.26. The number of rotatable bonds is 2. The van der Waals surface area contributed by atoms with Crippen molar-refractivity contribution in [1.29, 1.82) is 5.26 Å². The maximum atomic E-state index is 12.6. The van der Waals surface area contributed by atoms with Crippen molar-refractivity contribution in [3.05, 3.63) is 17.3 Å². The van der Waals surface area contributed by atoms with Gasteiger partial charge >= 0.3 is 0 Å². The minimum absolute atomic E-state index is 0.370. The largest absolute Gasteiger partial charge is 0.384 e. The van der Waals surface area contributed by atoms with Gasteiger partial charge in [-0.1, -0.05) is 0 Å². The zero-order chi connectivity index (χ0) is 12.5. The molecule has 0 fully saturated rings. The Labute approximate surface area is 89.5 Å². The van der Waals surface area contributed by atoms with E-state index >= 15 is 0 Å². The van der Waals surface area contributed by atoms with Crippen molar-refractivity contribution in [3.63, 3.8) is 0 Å². The first-order valence-electron chi connectivity index (χ1n) is 3.79. The normalized spacial score (nSPS) is 11.4. The minimum Gasteiger partial charge on any atom is -0.384 e. The van der Waals surface area contributed by atoms with Gasteiger partial charge in [0.1, 0.15) is 11.9 Å². The number of hydrogen-bond donors (Lipinski definition) is 2. The van der Waals surface area contributed by atoms with Crippen LogP contribution < -0.4 is 10.9 Å². The highest BCUT2D eigenvalue weighted by atomic mass is 32.2. The lowest BCUT2D eigenvalue weighted by Gasteiger charge is -2.08. The number of aromatic nitrogens is 1. The van der Waals surface area contributed by atoms with Crippen LogP contribution in [0.25, 0.3) is 0 Å². The molecule has 1 aromatic heterocycles. The van der Waals surface area contributed by atoms with E-state index in [1.54, 1.807) is 0 Å². The minimum atomic E-state index is -4.38. The Morgan fingerprint density at radius 1 is 1.50 bits per heavy atom. The van der Waals surface area contributed by atoms with Crippen LogP contribution in [0.2, 0.25) is 0 Å². The zero-order valence-corrected chi connectivity index (χ0v) is 8.50. The molecule has 0 aliphatic carbocycles. The molecule has 0 atom stereocenters. The van der Waals surface area contributed by atoms with E-state index < -0.39 is 32.6 Å². The molecule has 0 saturated carbocycles. The summed E-state index contributed by atoms with van der Waals surface area (Å²) in [6.07, 6.45) is -3.18. The number of anilines is 1. The Bertz CT molecular complexity index is 564. The molecular weight excluding hydrogens is 242 g/mol. The van der Waals surface area contributed by atoms with Crippen molar-refractivity contribution in [2.75, 3.05) is 5.73 Å². The first-order chi connectivity index (χ1) is 7.27. The second-order valence-corrected chi connectivity index (χ2v) is 4.29. The predicted octanol–water partition coefficient (Wildman–Crippen LogP) is 0.120. The molecule has 0 aliphatic rings. The molecule has 0 amide bonds. The third-order valence-electron chi connectivity index (χ3n) is 1.67. The van der Waals surface area contributed by atoms with Crippen LogP contribution in [-0.2, 0) is 10.0 Å². The number of pyridine rings is 1. The third kappa shape index (κ3) is 2.23. The van der Waals surface area contributed by atoms with Crippen LogP contribution in [0.15, 0.2) is 11.0 Å². The first-order valence-corrected chi connectivity index (χ1v) is 5.33. The van der Waals surface area contributed by atoms with Gasteiger partial charge < -0.3 is 5.73 Å². The Morgan fingerprint density at radius 3 is 2.44 bits per heavy atom. The fraction of sp³-hybridized carbons (Fsp3) is 0.143. The van der Waals surface area contributed by atoms with Crippen LogP contribution in [-0.4, -0.2) is 13.4 Å². The van der Waals surface area contributed by atoms with Crippen molar-refractivity contribution in [2.24, 2.45) is 5.14 Å². The summed E-state index contributed by atoms with van der Waals surface area (Å²) in [7, 11) is -4.38. The summed E-state index contributed by atoms with van der Waals surface area (Å²) in [5, 5.41) is 13.3. The molecule has 0 saturated heterocycles. The van der Waals surface area contributed by atoms with Gasteiger partial charge in [-0.05, 0) is 0 Å². The number of hydrogen-bond acceptors (Lipinski definition) is 5. The number of primary sulfonamides is 1. The van der Waals surface area contributed by atoms with Crippen LogP contribution in [0.1, 0.15) is 17.7 Å². The summed E-state index contributed by atoms with van der Waals surface area (Å²) in [6, 6.07) is 2.03. The molecule has 6 nitrogen and oxygen atoms in total. The fourth-order valence-corrected chi connectivity index (χ4v) is 1.86. The van der Waals surface area contributed by atoms with Gasteiger partial charge in [0, 0.05) is 6.07 Å². The second-order valence-electron chi connectivity index (χ2n) is 2.77. The van der Waals surface area contributed by atoms with E-state index in [4.69, 9.17) is 16.1 Å². The molecule has 1 heterocycles. The maximum absolute atomic E-state index is 12.6. The molecule has 0 aliphatic heterocycles. The number of nitrogens with zero attached hydrogens (tertiary/aromatic N) is 2. The molecule has 0 unspecified atom stereocenters. The molecular formula is C7H6F2N4O2S. The summed E-state index contributed by atoms with van der Waals surface area (Å²) >= 11 is 0. The molecule has 4 N–H and O–H groups in total. The van der Waals surface area contributed by atoms with Gasteiger partial charge in [0.05, 0.1) is 10.5 Å². The summed E-state index contributed by atoms with van der Waals surface area (Å²) in [5.41, 5.74) is 3.39. The molecule has 1 aromatic rings. The van der Waals surface area contributed by atoms with Gasteiger partial charge in [-0.2, -0.15) is 5.26 Å². The maximum Gasteiger partial charge on any atom is 0.267 e. The number of sulfonamides is 1. The fourth-order valence-electron chi connectivity index (χ4n) is 1.08. The van der Waals surface area contributed by atoms with E-state index in [0.29, 0.717) is 6.07 Å². The lowest BCUT2D eigenvalue weighted by molar-refractivity contribution is 0.147. The summed E-state index contributed by atoms with van der Waals surface area (Å²) in [5.74, 6) is -0.370. The van der Waals surface area contributed by atoms with Gasteiger partial charge in [0.25, 0.3) is 6.43 Å². The number of nitrogens with two attached hydrogens (primary N) is 2. The molecule has 0 bridgehead atoms. The summed E-state index contributed by atoms with van der Waals surface area (Å²) in [6.45, 7) is 0. The van der Waals surface area contributed by atoms with E-state index in [2.05, 4.69) is 4.98 Å². The average molecular weight is 248 g/mol. The molecule has 0 aromatic carbocycles. The van der Waals surface area contributed by atoms with Crippen molar-refractivity contribution >= 4 is 15.8 Å². The average Bonchev–Trinajstić information content (AvgIpc) is 2.14. The Morgan fingerprint density at radius 2 is 2.06 bits per heavy atom. The molecule has 86 valence electrons. The van der Waals surface area contributed by atoms with Crippen molar-refractivity contribution < 1.29 is 17.2 Å². The lowest BCUT2D eigenvalue weighted by atomic mass is 10.2. The first kappa shape index (κ1) is 12.3. The predicted molar refractivity (Wildman–Crippen MR) is 49.7 cm³/mol. The Hall–Kier alpha value is -1.79. The van der Waals surface area contributed by atoms with Crippen LogP contribution in [0.4, 0.5) is 14.6 Å². The van der Waals surface area contributed by atoms with Gasteiger partial charge in [-0.15, -0.1) is 0 Å². The lowest BCUT2D eigenvalue weighted by Crippen LogP contribution is -2.17. The van der Waals surface area contributed by atoms with Crippen molar-refractivity contribution in [1.82, 2.24) is 4.98 Å². The van der Waals surface area contributed by atoms with Crippen LogP contribution in [0.5, 0.6) is 0 Å². The van der Waals surface area contributed by atoms with E-state index in [1.807, 2.05) is 0 Å². The van der Waals surface area contributed by atoms with Crippen LogP contribution >= 0.6 is 0 Å². The highest BCUT2D eigenvalue weighted by Crippen LogP contribution is 2.29. The SMILES string of the molecule is N#Cc1nc(N)cc(S(N)(=O)=O)c1C(F)F. The number of alkyl halides is 2. The third-order valence-corrected chi connectivity index (χ3v) is 2.62. The Kier molecular flexibility index (Phi) is 3.06. The zero-order valence-electron chi connectivity index (χ0n) is 7.68. The van der Waals surface area contributed by atoms with Gasteiger partial charge in [-0.3, -0.25) is 0 Å². The van der Waals surface area contributed by atoms with Crippen LogP contribution in [0.3, 0.4) is 0 Å². The van der Waals surface area contributed by atoms with E-state index in [0.717, 1.165) is 0 Å². The van der Waals surface area contributed by atoms with E-state index in [9.17, 15) is 17.2 Å². The summed E-state index contributed by atoms with van der Waals surface area (Å²) < 4.78 is 47.2. The molecule has 0 radical (unpaired) electrons. The highest BCUT2D eigenvalue weighted by molar-refractivity contribution is 7.89. The molecule has 1 rings (SSSR count).